The summed E-state index contributed by atoms with van der Waals surface area (Å²) in [7, 11) is 0. The fourth-order valence-electron chi connectivity index (χ4n) is 3.21. The molecular weight excluding hydrogens is 387 g/mol. The second-order valence-electron chi connectivity index (χ2n) is 8.35. The minimum Gasteiger partial charge on any atom is -0.454 e. The molecule has 0 bridgehead atoms. The van der Waals surface area contributed by atoms with Crippen molar-refractivity contribution in [3.05, 3.63) is 63.2 Å². The molecule has 0 saturated heterocycles. The average molecular weight is 412 g/mol. The molecule has 158 valence electrons. The molecule has 3 rings (SSSR count). The molecule has 0 radical (unpaired) electrons. The Hall–Kier alpha value is -3.22. The van der Waals surface area contributed by atoms with Crippen LogP contribution in [-0.2, 0) is 4.74 Å². The van der Waals surface area contributed by atoms with E-state index in [0.29, 0.717) is 27.8 Å². The van der Waals surface area contributed by atoms with E-state index in [1.54, 1.807) is 40.7 Å². The third kappa shape index (κ3) is 4.50. The van der Waals surface area contributed by atoms with Gasteiger partial charge in [0.2, 0.25) is 0 Å². The first-order valence-corrected chi connectivity index (χ1v) is 9.65. The van der Waals surface area contributed by atoms with Gasteiger partial charge in [-0.25, -0.2) is 14.2 Å². The van der Waals surface area contributed by atoms with Gasteiger partial charge < -0.3 is 14.5 Å². The maximum absolute atomic E-state index is 13.3. The summed E-state index contributed by atoms with van der Waals surface area (Å²) in [6.07, 6.45) is 0.501. The summed E-state index contributed by atoms with van der Waals surface area (Å²) < 4.78 is 24.7. The maximum Gasteiger partial charge on any atom is 0.408 e. The van der Waals surface area contributed by atoms with Crippen LogP contribution in [0.1, 0.15) is 50.4 Å². The lowest BCUT2D eigenvalue weighted by Crippen LogP contribution is -2.34. The molecule has 0 fully saturated rings. The number of rotatable bonds is 3. The molecular formula is C23H25FN2O4. The number of aromatic nitrogens is 1. The molecule has 0 aliphatic heterocycles. The van der Waals surface area contributed by atoms with Gasteiger partial charge in [-0.1, -0.05) is 6.07 Å². The van der Waals surface area contributed by atoms with Crippen LogP contribution in [0.2, 0.25) is 0 Å². The summed E-state index contributed by atoms with van der Waals surface area (Å²) in [5, 5.41) is 3.19. The van der Waals surface area contributed by atoms with E-state index < -0.39 is 23.6 Å². The van der Waals surface area contributed by atoms with Crippen molar-refractivity contribution in [1.29, 1.82) is 0 Å². The van der Waals surface area contributed by atoms with Crippen LogP contribution in [0.25, 0.3) is 22.4 Å². The first kappa shape index (κ1) is 21.5. The van der Waals surface area contributed by atoms with Crippen LogP contribution in [0.5, 0.6) is 0 Å². The second kappa shape index (κ2) is 7.89. The highest BCUT2D eigenvalue weighted by molar-refractivity contribution is 5.84. The van der Waals surface area contributed by atoms with Gasteiger partial charge in [0.1, 0.15) is 22.7 Å². The van der Waals surface area contributed by atoms with Crippen molar-refractivity contribution in [2.24, 2.45) is 0 Å². The number of fused-ring (bicyclic) bond motifs is 1. The number of nitrogens with zero attached hydrogens (tertiary/aromatic N) is 1. The third-order valence-corrected chi connectivity index (χ3v) is 4.55. The molecule has 1 aromatic carbocycles. The van der Waals surface area contributed by atoms with E-state index in [-0.39, 0.29) is 11.2 Å². The molecule has 0 aliphatic carbocycles. The van der Waals surface area contributed by atoms with E-state index in [4.69, 9.17) is 9.15 Å². The molecule has 0 aliphatic rings. The first-order valence-electron chi connectivity index (χ1n) is 9.65. The van der Waals surface area contributed by atoms with Crippen LogP contribution in [0.3, 0.4) is 0 Å². The van der Waals surface area contributed by atoms with E-state index in [9.17, 15) is 14.0 Å². The highest BCUT2D eigenvalue weighted by Gasteiger charge is 2.22. The number of carbonyl (C=O) groups is 1. The van der Waals surface area contributed by atoms with E-state index in [1.165, 1.54) is 12.1 Å². The molecule has 2 aromatic heterocycles. The SMILES string of the molecule is Cc1cc([C@@H](C)NC(=O)OC(C)(C)C)c2oc(-c3ccc(F)cn3)c(C)c(=O)c2c1. The van der Waals surface area contributed by atoms with Crippen LogP contribution >= 0.6 is 0 Å². The standard InChI is InChI=1S/C23H25FN2O4/c1-12-9-16(14(3)26-22(28)30-23(4,5)6)21-17(10-12)19(27)13(2)20(29-21)18-8-7-15(24)11-25-18/h7-11,14H,1-6H3,(H,26,28)/t14-/m1/s1. The number of benzene rings is 1. The van der Waals surface area contributed by atoms with Crippen molar-refractivity contribution >= 4 is 17.1 Å². The lowest BCUT2D eigenvalue weighted by Gasteiger charge is -2.22. The lowest BCUT2D eigenvalue weighted by molar-refractivity contribution is 0.0508. The quantitative estimate of drug-likeness (QED) is 0.640. The highest BCUT2D eigenvalue weighted by atomic mass is 19.1. The van der Waals surface area contributed by atoms with Gasteiger partial charge in [0, 0.05) is 11.1 Å². The summed E-state index contributed by atoms with van der Waals surface area (Å²) in [4.78, 5) is 29.3. The van der Waals surface area contributed by atoms with Crippen molar-refractivity contribution in [2.75, 3.05) is 0 Å². The Morgan fingerprint density at radius 3 is 2.53 bits per heavy atom. The van der Waals surface area contributed by atoms with Gasteiger partial charge >= 0.3 is 6.09 Å². The Kier molecular flexibility index (Phi) is 5.65. The van der Waals surface area contributed by atoms with Crippen LogP contribution in [-0.4, -0.2) is 16.7 Å². The number of nitrogens with one attached hydrogen (secondary N) is 1. The van der Waals surface area contributed by atoms with Gasteiger partial charge in [-0.3, -0.25) is 4.79 Å². The van der Waals surface area contributed by atoms with Gasteiger partial charge in [0.05, 0.1) is 17.6 Å². The fourth-order valence-corrected chi connectivity index (χ4v) is 3.21. The van der Waals surface area contributed by atoms with Crippen LogP contribution in [0, 0.1) is 19.7 Å². The van der Waals surface area contributed by atoms with Crippen molar-refractivity contribution in [3.8, 4) is 11.5 Å². The number of halogens is 1. The number of aryl methyl sites for hydroxylation is 1. The topological polar surface area (TPSA) is 81.4 Å². The van der Waals surface area contributed by atoms with E-state index in [2.05, 4.69) is 10.3 Å². The molecule has 1 N–H and O–H groups in total. The predicted molar refractivity (Wildman–Crippen MR) is 113 cm³/mol. The minimum atomic E-state index is -0.635. The van der Waals surface area contributed by atoms with E-state index >= 15 is 0 Å². The van der Waals surface area contributed by atoms with Gasteiger partial charge in [0.25, 0.3) is 0 Å². The third-order valence-electron chi connectivity index (χ3n) is 4.55. The summed E-state index contributed by atoms with van der Waals surface area (Å²) in [5.74, 6) is -0.215. The van der Waals surface area contributed by atoms with Gasteiger partial charge in [-0.15, -0.1) is 0 Å². The molecule has 0 saturated carbocycles. The van der Waals surface area contributed by atoms with Crippen molar-refractivity contribution in [2.45, 2.75) is 53.2 Å². The van der Waals surface area contributed by atoms with Gasteiger partial charge in [-0.05, 0) is 65.3 Å². The first-order chi connectivity index (χ1) is 14.0. The molecule has 1 amide bonds. The Labute approximate surface area is 174 Å². The van der Waals surface area contributed by atoms with Crippen LogP contribution in [0.15, 0.2) is 39.7 Å². The number of amides is 1. The average Bonchev–Trinajstić information content (AvgIpc) is 2.63. The van der Waals surface area contributed by atoms with Crippen LogP contribution in [0.4, 0.5) is 9.18 Å². The summed E-state index contributed by atoms with van der Waals surface area (Å²) in [6, 6.07) is 5.84. The highest BCUT2D eigenvalue weighted by Crippen LogP contribution is 2.30. The molecule has 6 nitrogen and oxygen atoms in total. The largest absolute Gasteiger partial charge is 0.454 e. The predicted octanol–water partition coefficient (Wildman–Crippen LogP) is 5.20. The number of alkyl carbamates (subject to hydrolysis) is 1. The van der Waals surface area contributed by atoms with Crippen molar-refractivity contribution in [1.82, 2.24) is 10.3 Å². The molecule has 0 unspecified atom stereocenters. The number of hydrogen-bond acceptors (Lipinski definition) is 5. The summed E-state index contributed by atoms with van der Waals surface area (Å²) >= 11 is 0. The van der Waals surface area contributed by atoms with Crippen LogP contribution < -0.4 is 10.7 Å². The Bertz CT molecular complexity index is 1160. The summed E-state index contributed by atoms with van der Waals surface area (Å²) in [5.41, 5.74) is 1.74. The molecule has 3 aromatic rings. The normalized spacial score (nSPS) is 12.6. The molecule has 0 spiro atoms. The maximum atomic E-state index is 13.3. The zero-order valence-electron chi connectivity index (χ0n) is 17.9. The smallest absolute Gasteiger partial charge is 0.408 e. The molecule has 7 heteroatoms. The zero-order valence-corrected chi connectivity index (χ0v) is 17.9. The van der Waals surface area contributed by atoms with Crippen molar-refractivity contribution < 1.29 is 18.3 Å². The molecule has 1 atom stereocenters. The summed E-state index contributed by atoms with van der Waals surface area (Å²) in [6.45, 7) is 10.6. The Morgan fingerprint density at radius 2 is 1.93 bits per heavy atom. The number of carbonyl (C=O) groups excluding carboxylic acids is 1. The van der Waals surface area contributed by atoms with Gasteiger partial charge in [0.15, 0.2) is 11.2 Å². The minimum absolute atomic E-state index is 0.202. The number of pyridine rings is 1. The van der Waals surface area contributed by atoms with E-state index in [1.807, 2.05) is 13.0 Å². The number of ether oxygens (including phenoxy) is 1. The fraction of sp³-hybridized carbons (Fsp3) is 0.348. The zero-order chi connectivity index (χ0) is 22.2. The molecule has 30 heavy (non-hydrogen) atoms. The van der Waals surface area contributed by atoms with Gasteiger partial charge in [-0.2, -0.15) is 0 Å². The monoisotopic (exact) mass is 412 g/mol. The molecule has 2 heterocycles. The second-order valence-corrected chi connectivity index (χ2v) is 8.35. The Morgan fingerprint density at radius 1 is 1.23 bits per heavy atom. The van der Waals surface area contributed by atoms with Crippen molar-refractivity contribution in [3.63, 3.8) is 0 Å². The lowest BCUT2D eigenvalue weighted by atomic mass is 9.99. The van der Waals surface area contributed by atoms with E-state index in [0.717, 1.165) is 11.8 Å². The Balaban J connectivity index is 2.14. The number of hydrogen-bond donors (Lipinski definition) is 1.